The highest BCUT2D eigenvalue weighted by atomic mass is 35.5. The van der Waals surface area contributed by atoms with Gasteiger partial charge in [-0.3, -0.25) is 9.48 Å². The van der Waals surface area contributed by atoms with Gasteiger partial charge in [0.05, 0.1) is 13.7 Å². The number of hydrogen-bond donors (Lipinski definition) is 1. The SMILES string of the molecule is COc1cccc(OCc2ccc(C(=O)Nc3cc(C)n(Cc4c(Cl)cccc4Cl)n3)o2)c1. The van der Waals surface area contributed by atoms with Crippen LogP contribution in [0.5, 0.6) is 11.5 Å². The predicted octanol–water partition coefficient (Wildman–Crippen LogP) is 5.98. The van der Waals surface area contributed by atoms with E-state index in [-0.39, 0.29) is 12.4 Å². The Labute approximate surface area is 200 Å². The Hall–Kier alpha value is -3.42. The van der Waals surface area contributed by atoms with E-state index >= 15 is 0 Å². The van der Waals surface area contributed by atoms with Crippen LogP contribution in [0.2, 0.25) is 10.0 Å². The van der Waals surface area contributed by atoms with Crippen molar-refractivity contribution in [1.82, 2.24) is 9.78 Å². The number of aromatic nitrogens is 2. The van der Waals surface area contributed by atoms with Crippen molar-refractivity contribution in [3.63, 3.8) is 0 Å². The third kappa shape index (κ3) is 5.50. The molecule has 4 aromatic rings. The van der Waals surface area contributed by atoms with Gasteiger partial charge in [0.25, 0.3) is 5.91 Å². The van der Waals surface area contributed by atoms with E-state index < -0.39 is 5.91 Å². The number of rotatable bonds is 8. The highest BCUT2D eigenvalue weighted by Crippen LogP contribution is 2.26. The molecule has 0 atom stereocenters. The number of furan rings is 1. The van der Waals surface area contributed by atoms with Gasteiger partial charge in [-0.1, -0.05) is 35.3 Å². The molecule has 2 heterocycles. The summed E-state index contributed by atoms with van der Waals surface area (Å²) in [5.41, 5.74) is 1.60. The minimum absolute atomic E-state index is 0.153. The summed E-state index contributed by atoms with van der Waals surface area (Å²) in [5.74, 6) is 1.97. The fourth-order valence-corrected chi connectivity index (χ4v) is 3.68. The maximum absolute atomic E-state index is 12.6. The number of halogens is 2. The Kier molecular flexibility index (Phi) is 6.91. The van der Waals surface area contributed by atoms with Gasteiger partial charge in [-0.05, 0) is 43.3 Å². The number of aryl methyl sites for hydroxylation is 1. The van der Waals surface area contributed by atoms with Gasteiger partial charge in [-0.25, -0.2) is 0 Å². The molecule has 0 aliphatic rings. The average molecular weight is 486 g/mol. The minimum Gasteiger partial charge on any atom is -0.497 e. The molecule has 1 N–H and O–H groups in total. The number of amides is 1. The van der Waals surface area contributed by atoms with Gasteiger partial charge in [-0.15, -0.1) is 0 Å². The first kappa shape index (κ1) is 22.8. The molecule has 0 radical (unpaired) electrons. The average Bonchev–Trinajstić information content (AvgIpc) is 3.41. The summed E-state index contributed by atoms with van der Waals surface area (Å²) in [6, 6.07) is 17.6. The molecule has 33 heavy (non-hydrogen) atoms. The van der Waals surface area contributed by atoms with Crippen molar-refractivity contribution >= 4 is 34.9 Å². The summed E-state index contributed by atoms with van der Waals surface area (Å²) in [6.07, 6.45) is 0. The highest BCUT2D eigenvalue weighted by Gasteiger charge is 2.15. The number of nitrogens with zero attached hydrogens (tertiary/aromatic N) is 2. The van der Waals surface area contributed by atoms with Gasteiger partial charge < -0.3 is 19.2 Å². The fourth-order valence-electron chi connectivity index (χ4n) is 3.17. The van der Waals surface area contributed by atoms with E-state index in [1.165, 1.54) is 0 Å². The van der Waals surface area contributed by atoms with Crippen LogP contribution in [0, 0.1) is 6.92 Å². The molecule has 0 aliphatic carbocycles. The van der Waals surface area contributed by atoms with Crippen LogP contribution < -0.4 is 14.8 Å². The lowest BCUT2D eigenvalue weighted by Gasteiger charge is -2.08. The number of anilines is 1. The van der Waals surface area contributed by atoms with Crippen molar-refractivity contribution in [3.05, 3.63) is 93.5 Å². The van der Waals surface area contributed by atoms with Crippen molar-refractivity contribution in [3.8, 4) is 11.5 Å². The van der Waals surface area contributed by atoms with E-state index in [4.69, 9.17) is 37.1 Å². The van der Waals surface area contributed by atoms with E-state index in [1.54, 1.807) is 54.3 Å². The largest absolute Gasteiger partial charge is 0.497 e. The number of nitrogens with one attached hydrogen (secondary N) is 1. The molecule has 0 saturated carbocycles. The van der Waals surface area contributed by atoms with Gasteiger partial charge in [-0.2, -0.15) is 5.10 Å². The molecular weight excluding hydrogens is 465 g/mol. The summed E-state index contributed by atoms with van der Waals surface area (Å²) in [4.78, 5) is 12.6. The van der Waals surface area contributed by atoms with E-state index in [2.05, 4.69) is 10.4 Å². The number of benzene rings is 2. The van der Waals surface area contributed by atoms with Crippen LogP contribution in [-0.2, 0) is 13.2 Å². The molecule has 2 aromatic carbocycles. The Bertz CT molecular complexity index is 1260. The van der Waals surface area contributed by atoms with Crippen LogP contribution in [0.4, 0.5) is 5.82 Å². The molecule has 7 nitrogen and oxygen atoms in total. The lowest BCUT2D eigenvalue weighted by Crippen LogP contribution is -2.12. The molecule has 9 heteroatoms. The zero-order valence-corrected chi connectivity index (χ0v) is 19.5. The summed E-state index contributed by atoms with van der Waals surface area (Å²) < 4.78 is 18.2. The molecule has 0 bridgehead atoms. The second-order valence-electron chi connectivity index (χ2n) is 7.22. The Morgan fingerprint density at radius 3 is 2.55 bits per heavy atom. The summed E-state index contributed by atoms with van der Waals surface area (Å²) in [6.45, 7) is 2.44. The Morgan fingerprint density at radius 2 is 1.79 bits per heavy atom. The normalized spacial score (nSPS) is 10.8. The first-order chi connectivity index (χ1) is 15.9. The van der Waals surface area contributed by atoms with E-state index in [1.807, 2.05) is 25.1 Å². The van der Waals surface area contributed by atoms with Crippen molar-refractivity contribution < 1.29 is 18.7 Å². The van der Waals surface area contributed by atoms with Crippen LogP contribution in [0.3, 0.4) is 0 Å². The topological polar surface area (TPSA) is 78.5 Å². The first-order valence-corrected chi connectivity index (χ1v) is 10.8. The quantitative estimate of drug-likeness (QED) is 0.332. The highest BCUT2D eigenvalue weighted by molar-refractivity contribution is 6.35. The van der Waals surface area contributed by atoms with Gasteiger partial charge in [0, 0.05) is 33.4 Å². The third-order valence-corrected chi connectivity index (χ3v) is 5.61. The molecule has 0 unspecified atom stereocenters. The number of ether oxygens (including phenoxy) is 2. The molecule has 0 spiro atoms. The van der Waals surface area contributed by atoms with Crippen LogP contribution in [0.25, 0.3) is 0 Å². The van der Waals surface area contributed by atoms with E-state index in [0.717, 1.165) is 11.3 Å². The number of methoxy groups -OCH3 is 1. The maximum Gasteiger partial charge on any atom is 0.292 e. The predicted molar refractivity (Wildman–Crippen MR) is 127 cm³/mol. The second kappa shape index (κ2) is 10.0. The Balaban J connectivity index is 1.39. The second-order valence-corrected chi connectivity index (χ2v) is 8.03. The van der Waals surface area contributed by atoms with Crippen molar-refractivity contribution in [1.29, 1.82) is 0 Å². The monoisotopic (exact) mass is 485 g/mol. The van der Waals surface area contributed by atoms with Crippen molar-refractivity contribution in [2.45, 2.75) is 20.1 Å². The zero-order chi connectivity index (χ0) is 23.4. The molecule has 4 rings (SSSR count). The molecule has 1 amide bonds. The molecule has 0 aliphatic heterocycles. The number of carbonyl (C=O) groups is 1. The molecule has 2 aromatic heterocycles. The molecule has 170 valence electrons. The minimum atomic E-state index is -0.414. The van der Waals surface area contributed by atoms with Gasteiger partial charge in [0.2, 0.25) is 0 Å². The summed E-state index contributed by atoms with van der Waals surface area (Å²) in [5, 5.41) is 8.31. The van der Waals surface area contributed by atoms with Crippen LogP contribution in [0.1, 0.15) is 27.6 Å². The van der Waals surface area contributed by atoms with Crippen LogP contribution in [-0.4, -0.2) is 22.8 Å². The van der Waals surface area contributed by atoms with Crippen molar-refractivity contribution in [2.75, 3.05) is 12.4 Å². The number of hydrogen-bond acceptors (Lipinski definition) is 5. The van der Waals surface area contributed by atoms with E-state index in [0.29, 0.717) is 39.7 Å². The van der Waals surface area contributed by atoms with E-state index in [9.17, 15) is 4.79 Å². The molecule has 0 saturated heterocycles. The lowest BCUT2D eigenvalue weighted by atomic mass is 10.2. The smallest absolute Gasteiger partial charge is 0.292 e. The Morgan fingerprint density at radius 1 is 1.06 bits per heavy atom. The third-order valence-electron chi connectivity index (χ3n) is 4.90. The maximum atomic E-state index is 12.6. The standard InChI is InChI=1S/C24H21Cl2N3O4/c1-15-11-23(28-29(15)13-19-20(25)7-4-8-21(19)26)27-24(30)22-10-9-18(33-22)14-32-17-6-3-5-16(12-17)31-2/h3-12H,13-14H2,1-2H3,(H,27,28,30). The summed E-state index contributed by atoms with van der Waals surface area (Å²) in [7, 11) is 1.59. The van der Waals surface area contributed by atoms with Gasteiger partial charge >= 0.3 is 0 Å². The van der Waals surface area contributed by atoms with Crippen LogP contribution in [0.15, 0.2) is 65.1 Å². The molecule has 0 fully saturated rings. The lowest BCUT2D eigenvalue weighted by molar-refractivity contribution is 0.0992. The summed E-state index contributed by atoms with van der Waals surface area (Å²) >= 11 is 12.5. The van der Waals surface area contributed by atoms with Crippen molar-refractivity contribution in [2.24, 2.45) is 0 Å². The fraction of sp³-hybridized carbons (Fsp3) is 0.167. The van der Waals surface area contributed by atoms with Crippen LogP contribution >= 0.6 is 23.2 Å². The van der Waals surface area contributed by atoms with Gasteiger partial charge in [0.1, 0.15) is 23.9 Å². The number of carbonyl (C=O) groups excluding carboxylic acids is 1. The first-order valence-electron chi connectivity index (χ1n) is 10.1. The molecular formula is C24H21Cl2N3O4. The van der Waals surface area contributed by atoms with Gasteiger partial charge in [0.15, 0.2) is 11.6 Å². The zero-order valence-electron chi connectivity index (χ0n) is 18.0.